The molecule has 1 spiro atoms. The SMILES string of the molecule is COC(=O)[C@@]12OC[C@]34[C@H]([C@@H](O)[C@@H]1O)[C@@]1(C)CC(=O)C(=O)[C@@H](C)[C@@H]1C[C@H]3OC(=O)[C@H](OC(=O)/C=C(\C)C(C)C)[C@@H]24. The highest BCUT2D eigenvalue weighted by Gasteiger charge is 2.85. The molecule has 0 amide bonds. The fraction of sp³-hybridized carbons (Fsp3) is 0.750. The quantitative estimate of drug-likeness (QED) is 0.218. The van der Waals surface area contributed by atoms with Gasteiger partial charge in [-0.25, -0.2) is 14.4 Å². The number of ether oxygens (including phenoxy) is 4. The maximum Gasteiger partial charge on any atom is 0.348 e. The van der Waals surface area contributed by atoms with Crippen LogP contribution in [0.25, 0.3) is 0 Å². The minimum Gasteiger partial charge on any atom is -0.467 e. The maximum atomic E-state index is 13.5. The summed E-state index contributed by atoms with van der Waals surface area (Å²) in [5.74, 6) is -7.22. The summed E-state index contributed by atoms with van der Waals surface area (Å²) in [6.45, 7) is 8.72. The Hall–Kier alpha value is -2.63. The highest BCUT2D eigenvalue weighted by molar-refractivity contribution is 6.38. The van der Waals surface area contributed by atoms with E-state index in [1.807, 2.05) is 13.8 Å². The van der Waals surface area contributed by atoms with Gasteiger partial charge in [-0.15, -0.1) is 0 Å². The molecule has 2 aliphatic heterocycles. The highest BCUT2D eigenvalue weighted by Crippen LogP contribution is 2.72. The fourth-order valence-corrected chi connectivity index (χ4v) is 8.56. The Morgan fingerprint density at radius 2 is 1.82 bits per heavy atom. The average Bonchev–Trinajstić information content (AvgIpc) is 3.18. The van der Waals surface area contributed by atoms with Crippen molar-refractivity contribution in [2.24, 2.45) is 40.4 Å². The number of hydrogen-bond acceptors (Lipinski definition) is 11. The molecule has 11 heteroatoms. The molecule has 2 saturated heterocycles. The van der Waals surface area contributed by atoms with E-state index in [1.54, 1.807) is 20.8 Å². The van der Waals surface area contributed by atoms with E-state index in [2.05, 4.69) is 0 Å². The summed E-state index contributed by atoms with van der Waals surface area (Å²) >= 11 is 0. The number of aliphatic hydroxyl groups excluding tert-OH is 2. The van der Waals surface area contributed by atoms with Gasteiger partial charge in [0.2, 0.25) is 17.5 Å². The van der Waals surface area contributed by atoms with Crippen molar-refractivity contribution in [1.29, 1.82) is 0 Å². The number of esters is 3. The molecule has 2 N–H and O–H groups in total. The van der Waals surface area contributed by atoms with Crippen LogP contribution in [0.2, 0.25) is 0 Å². The van der Waals surface area contributed by atoms with E-state index in [1.165, 1.54) is 6.08 Å². The standard InChI is InChI=1S/C28H36O11/c1-11(2)12(3)7-17(30)39-20-22-27-10-37-28(22,25(35)36-6)23(33)19(32)21(27)26(5)9-15(29)18(31)13(4)14(26)8-16(27)38-24(20)34/h7,11,13-14,16,19-23,32-33H,8-10H2,1-6H3/b12-7+/t13-,14-,16+,19+,20+,21+,22+,23-,26-,27+,28-/m0/s1. The van der Waals surface area contributed by atoms with Crippen molar-refractivity contribution >= 4 is 29.5 Å². The van der Waals surface area contributed by atoms with Crippen LogP contribution in [0.1, 0.15) is 47.5 Å². The van der Waals surface area contributed by atoms with Crippen LogP contribution in [0.15, 0.2) is 11.6 Å². The number of aliphatic hydroxyl groups is 2. The van der Waals surface area contributed by atoms with E-state index in [9.17, 15) is 34.2 Å². The van der Waals surface area contributed by atoms with E-state index >= 15 is 0 Å². The van der Waals surface area contributed by atoms with Crippen LogP contribution in [0.5, 0.6) is 0 Å². The molecule has 3 aliphatic carbocycles. The predicted molar refractivity (Wildman–Crippen MR) is 130 cm³/mol. The van der Waals surface area contributed by atoms with Crippen LogP contribution in [-0.4, -0.2) is 83.4 Å². The first-order chi connectivity index (χ1) is 18.2. The highest BCUT2D eigenvalue weighted by atomic mass is 16.6. The topological polar surface area (TPSA) is 163 Å². The van der Waals surface area contributed by atoms with E-state index in [-0.39, 0.29) is 25.4 Å². The zero-order chi connectivity index (χ0) is 28.8. The number of Topliss-reactive ketones (excluding diaryl/α,β-unsaturated/α-hetero) is 2. The van der Waals surface area contributed by atoms with Crippen LogP contribution in [0.4, 0.5) is 0 Å². The number of hydrogen-bond donors (Lipinski definition) is 2. The van der Waals surface area contributed by atoms with Gasteiger partial charge < -0.3 is 29.2 Å². The Balaban J connectivity index is 1.69. The minimum absolute atomic E-state index is 0.0274. The summed E-state index contributed by atoms with van der Waals surface area (Å²) in [5.41, 5.74) is -3.85. The van der Waals surface area contributed by atoms with Crippen molar-refractivity contribution in [3.8, 4) is 0 Å². The molecule has 5 fully saturated rings. The number of carbonyl (C=O) groups excluding carboxylic acids is 5. The molecule has 214 valence electrons. The molecule has 5 aliphatic rings. The second-order valence-electron chi connectivity index (χ2n) is 12.5. The molecule has 0 aromatic heterocycles. The van der Waals surface area contributed by atoms with Gasteiger partial charge in [-0.2, -0.15) is 0 Å². The normalized spacial score (nSPS) is 46.8. The number of carbonyl (C=O) groups is 5. The van der Waals surface area contributed by atoms with Gasteiger partial charge in [0, 0.05) is 29.7 Å². The zero-order valence-electron chi connectivity index (χ0n) is 23.0. The molecular weight excluding hydrogens is 512 g/mol. The molecular formula is C28H36O11. The van der Waals surface area contributed by atoms with Crippen molar-refractivity contribution in [1.82, 2.24) is 0 Å². The van der Waals surface area contributed by atoms with Crippen LogP contribution < -0.4 is 0 Å². The number of ketones is 2. The molecule has 2 bridgehead atoms. The van der Waals surface area contributed by atoms with Crippen molar-refractivity contribution in [2.45, 2.75) is 77.5 Å². The van der Waals surface area contributed by atoms with Crippen LogP contribution in [0.3, 0.4) is 0 Å². The fourth-order valence-electron chi connectivity index (χ4n) is 8.56. The lowest BCUT2D eigenvalue weighted by molar-refractivity contribution is -0.295. The summed E-state index contributed by atoms with van der Waals surface area (Å²) in [6, 6.07) is 0. The molecule has 0 aromatic rings. The van der Waals surface area contributed by atoms with Crippen molar-refractivity contribution in [3.63, 3.8) is 0 Å². The number of allylic oxidation sites excluding steroid dienone is 1. The number of methoxy groups -OCH3 is 1. The third kappa shape index (κ3) is 3.42. The summed E-state index contributed by atoms with van der Waals surface area (Å²) < 4.78 is 22.7. The third-order valence-electron chi connectivity index (χ3n) is 10.5. The first kappa shape index (κ1) is 27.9. The molecule has 0 aromatic carbocycles. The molecule has 5 rings (SSSR count). The molecule has 3 saturated carbocycles. The lowest BCUT2D eigenvalue weighted by Gasteiger charge is -2.67. The van der Waals surface area contributed by atoms with Crippen LogP contribution in [-0.2, 0) is 42.9 Å². The van der Waals surface area contributed by atoms with Gasteiger partial charge in [0.1, 0.15) is 12.2 Å². The van der Waals surface area contributed by atoms with Gasteiger partial charge in [-0.05, 0) is 30.6 Å². The van der Waals surface area contributed by atoms with Crippen molar-refractivity contribution in [3.05, 3.63) is 11.6 Å². The van der Waals surface area contributed by atoms with E-state index in [0.717, 1.165) is 7.11 Å². The van der Waals surface area contributed by atoms with Gasteiger partial charge in [0.05, 0.1) is 25.7 Å². The number of rotatable bonds is 4. The van der Waals surface area contributed by atoms with Crippen molar-refractivity contribution < 1.29 is 53.1 Å². The second-order valence-corrected chi connectivity index (χ2v) is 12.5. The van der Waals surface area contributed by atoms with Gasteiger partial charge in [0.25, 0.3) is 0 Å². The summed E-state index contributed by atoms with van der Waals surface area (Å²) in [5, 5.41) is 23.3. The molecule has 11 atom stereocenters. The predicted octanol–water partition coefficient (Wildman–Crippen LogP) is 0.526. The summed E-state index contributed by atoms with van der Waals surface area (Å²) in [7, 11) is 1.09. The van der Waals surface area contributed by atoms with Gasteiger partial charge in [-0.3, -0.25) is 9.59 Å². The lowest BCUT2D eigenvalue weighted by atomic mass is 9.37. The minimum atomic E-state index is -2.23. The van der Waals surface area contributed by atoms with Crippen molar-refractivity contribution in [2.75, 3.05) is 13.7 Å². The van der Waals surface area contributed by atoms with Crippen LogP contribution >= 0.6 is 0 Å². The lowest BCUT2D eigenvalue weighted by Crippen LogP contribution is -2.79. The summed E-state index contributed by atoms with van der Waals surface area (Å²) in [6.07, 6.45) is -4.82. The first-order valence-electron chi connectivity index (χ1n) is 13.4. The Morgan fingerprint density at radius 3 is 2.44 bits per heavy atom. The molecule has 2 heterocycles. The third-order valence-corrected chi connectivity index (χ3v) is 10.5. The first-order valence-corrected chi connectivity index (χ1v) is 13.4. The Kier molecular flexibility index (Phi) is 6.40. The second kappa shape index (κ2) is 8.94. The molecule has 0 unspecified atom stereocenters. The number of fused-ring (bicyclic) bond motifs is 2. The Bertz CT molecular complexity index is 1170. The van der Waals surface area contributed by atoms with E-state index in [4.69, 9.17) is 18.9 Å². The Labute approximate surface area is 226 Å². The zero-order valence-corrected chi connectivity index (χ0v) is 23.0. The van der Waals surface area contributed by atoms with Gasteiger partial charge >= 0.3 is 17.9 Å². The molecule has 0 radical (unpaired) electrons. The van der Waals surface area contributed by atoms with E-state index in [0.29, 0.717) is 5.57 Å². The van der Waals surface area contributed by atoms with Gasteiger partial charge in [-0.1, -0.05) is 33.3 Å². The van der Waals surface area contributed by atoms with Gasteiger partial charge in [0.15, 0.2) is 5.78 Å². The smallest absolute Gasteiger partial charge is 0.348 e. The Morgan fingerprint density at radius 1 is 1.15 bits per heavy atom. The monoisotopic (exact) mass is 548 g/mol. The van der Waals surface area contributed by atoms with E-state index < -0.39 is 94.0 Å². The largest absolute Gasteiger partial charge is 0.467 e. The average molecular weight is 549 g/mol. The molecule has 39 heavy (non-hydrogen) atoms. The summed E-state index contributed by atoms with van der Waals surface area (Å²) in [4.78, 5) is 65.4. The molecule has 11 nitrogen and oxygen atoms in total. The maximum absolute atomic E-state index is 13.5. The van der Waals surface area contributed by atoms with Crippen LogP contribution in [0, 0.1) is 40.4 Å².